The van der Waals surface area contributed by atoms with Crippen molar-refractivity contribution >= 4 is 23.4 Å². The number of fused-ring (bicyclic) bond motifs is 1. The first-order chi connectivity index (χ1) is 20.0. The van der Waals surface area contributed by atoms with Crippen LogP contribution in [0.5, 0.6) is 5.75 Å². The smallest absolute Gasteiger partial charge is 0.338 e. The molecule has 1 aliphatic heterocycles. The summed E-state index contributed by atoms with van der Waals surface area (Å²) in [6.45, 7) is 16.0. The quantitative estimate of drug-likeness (QED) is 0.265. The van der Waals surface area contributed by atoms with Crippen LogP contribution in [0.4, 0.5) is 0 Å². The van der Waals surface area contributed by atoms with Gasteiger partial charge in [-0.3, -0.25) is 9.36 Å². The zero-order chi connectivity index (χ0) is 30.3. The lowest BCUT2D eigenvalue weighted by molar-refractivity contribution is -0.139. The normalized spacial score (nSPS) is 15.2. The van der Waals surface area contributed by atoms with Gasteiger partial charge in [-0.05, 0) is 90.8 Å². The van der Waals surface area contributed by atoms with Gasteiger partial charge in [-0.1, -0.05) is 47.2 Å². The maximum Gasteiger partial charge on any atom is 0.338 e. The van der Waals surface area contributed by atoms with Gasteiger partial charge in [0.1, 0.15) is 11.8 Å². The monoisotopic (exact) mass is 583 g/mol. The molecular weight excluding hydrogens is 546 g/mol. The molecule has 5 rings (SSSR count). The Balaban J connectivity index is 1.72. The zero-order valence-corrected chi connectivity index (χ0v) is 26.3. The molecule has 0 spiro atoms. The van der Waals surface area contributed by atoms with Crippen LogP contribution >= 0.6 is 11.3 Å². The van der Waals surface area contributed by atoms with E-state index in [1.807, 2.05) is 44.2 Å². The van der Waals surface area contributed by atoms with Crippen LogP contribution in [0.25, 0.3) is 11.8 Å². The zero-order valence-electron chi connectivity index (χ0n) is 25.4. The minimum Gasteiger partial charge on any atom is -0.491 e. The van der Waals surface area contributed by atoms with Crippen molar-refractivity contribution in [2.75, 3.05) is 6.61 Å². The van der Waals surface area contributed by atoms with Crippen molar-refractivity contribution in [1.29, 1.82) is 0 Å². The number of thiazole rings is 1. The Morgan fingerprint density at radius 3 is 2.50 bits per heavy atom. The van der Waals surface area contributed by atoms with Crippen molar-refractivity contribution in [2.45, 2.75) is 67.5 Å². The molecule has 1 atom stereocenters. The van der Waals surface area contributed by atoms with E-state index in [9.17, 15) is 9.59 Å². The topological polar surface area (TPSA) is 74.8 Å². The van der Waals surface area contributed by atoms with E-state index in [4.69, 9.17) is 14.5 Å². The Bertz CT molecular complexity index is 1910. The number of nitrogens with zero attached hydrogens (tertiary/aromatic N) is 3. The lowest BCUT2D eigenvalue weighted by atomic mass is 9.95. The molecule has 42 heavy (non-hydrogen) atoms. The fraction of sp³-hybridized carbons (Fsp3) is 0.324. The predicted molar refractivity (Wildman–Crippen MR) is 167 cm³/mol. The predicted octanol–water partition coefficient (Wildman–Crippen LogP) is 5.61. The van der Waals surface area contributed by atoms with Gasteiger partial charge in [0.05, 0.1) is 28.5 Å². The molecule has 218 valence electrons. The van der Waals surface area contributed by atoms with E-state index in [0.29, 0.717) is 31.9 Å². The van der Waals surface area contributed by atoms with E-state index >= 15 is 0 Å². The molecule has 7 nitrogen and oxygen atoms in total. The molecule has 0 unspecified atom stereocenters. The molecular formula is C34H37N3O4S. The summed E-state index contributed by atoms with van der Waals surface area (Å²) in [6, 6.07) is 15.3. The van der Waals surface area contributed by atoms with Gasteiger partial charge in [-0.2, -0.15) is 0 Å². The molecule has 8 heteroatoms. The summed E-state index contributed by atoms with van der Waals surface area (Å²) in [6.07, 6.45) is 1.84. The van der Waals surface area contributed by atoms with Gasteiger partial charge in [0, 0.05) is 22.6 Å². The van der Waals surface area contributed by atoms with Gasteiger partial charge in [0.2, 0.25) is 0 Å². The first-order valence-electron chi connectivity index (χ1n) is 14.2. The number of carbonyl (C=O) groups is 1. The molecule has 0 N–H and O–H groups in total. The minimum atomic E-state index is -0.736. The Morgan fingerprint density at radius 2 is 1.81 bits per heavy atom. The van der Waals surface area contributed by atoms with E-state index in [1.165, 1.54) is 22.5 Å². The Kier molecular flexibility index (Phi) is 8.10. The van der Waals surface area contributed by atoms with Gasteiger partial charge in [-0.25, -0.2) is 9.79 Å². The molecule has 0 amide bonds. The summed E-state index contributed by atoms with van der Waals surface area (Å²) in [5.41, 5.74) is 7.96. The molecule has 2 aromatic carbocycles. The lowest BCUT2D eigenvalue weighted by Gasteiger charge is -2.26. The van der Waals surface area contributed by atoms with Gasteiger partial charge < -0.3 is 14.0 Å². The summed E-state index contributed by atoms with van der Waals surface area (Å²) in [5, 5.41) is 0. The number of hydrogen-bond acceptors (Lipinski definition) is 6. The summed E-state index contributed by atoms with van der Waals surface area (Å²) < 4.78 is 16.0. The highest BCUT2D eigenvalue weighted by atomic mass is 32.1. The Morgan fingerprint density at radius 1 is 1.07 bits per heavy atom. The van der Waals surface area contributed by atoms with Crippen LogP contribution in [0.2, 0.25) is 0 Å². The van der Waals surface area contributed by atoms with Crippen LogP contribution in [0.3, 0.4) is 0 Å². The Labute approximate surface area is 250 Å². The number of para-hydroxylation sites is 1. The number of aromatic nitrogens is 2. The standard InChI is InChI=1S/C34H37N3O4S/c1-9-40-33(39)30-23(7)35-34-37(31(30)26-12-10-11-13-28(26)41-19(2)3)32(38)29(42-34)18-25-17-22(6)36(24(25)8)27-15-14-20(4)16-21(27)5/h10-19,31H,9H2,1-8H3/b29-18+/t31-/m0/s1. The van der Waals surface area contributed by atoms with Crippen LogP contribution in [-0.2, 0) is 9.53 Å². The second kappa shape index (κ2) is 11.6. The van der Waals surface area contributed by atoms with E-state index < -0.39 is 12.0 Å². The SMILES string of the molecule is CCOC(=O)C1=C(C)N=c2s/c(=C/c3cc(C)n(-c4ccc(C)cc4C)c3C)c(=O)n2[C@H]1c1ccccc1OC(C)C. The molecule has 0 saturated heterocycles. The summed E-state index contributed by atoms with van der Waals surface area (Å²) in [5.74, 6) is 0.120. The molecule has 0 bridgehead atoms. The number of hydrogen-bond donors (Lipinski definition) is 0. The van der Waals surface area contributed by atoms with E-state index in [-0.39, 0.29) is 18.3 Å². The van der Waals surface area contributed by atoms with Crippen molar-refractivity contribution < 1.29 is 14.3 Å². The third-order valence-electron chi connectivity index (χ3n) is 7.44. The van der Waals surface area contributed by atoms with Crippen LogP contribution < -0.4 is 19.6 Å². The van der Waals surface area contributed by atoms with Gasteiger partial charge >= 0.3 is 5.97 Å². The molecule has 2 aromatic heterocycles. The maximum atomic E-state index is 14.2. The maximum absolute atomic E-state index is 14.2. The first-order valence-corrected chi connectivity index (χ1v) is 15.0. The van der Waals surface area contributed by atoms with E-state index in [2.05, 4.69) is 56.5 Å². The van der Waals surface area contributed by atoms with Gasteiger partial charge in [0.15, 0.2) is 4.80 Å². The van der Waals surface area contributed by atoms with Crippen LogP contribution in [0, 0.1) is 27.7 Å². The average molecular weight is 584 g/mol. The fourth-order valence-corrected chi connectivity index (χ4v) is 6.69. The molecule has 0 saturated carbocycles. The lowest BCUT2D eigenvalue weighted by Crippen LogP contribution is -2.40. The number of carbonyl (C=O) groups excluding carboxylic acids is 1. The third kappa shape index (κ3) is 5.27. The molecule has 1 aliphatic rings. The van der Waals surface area contributed by atoms with Crippen molar-refractivity contribution in [3.8, 4) is 11.4 Å². The fourth-order valence-electron chi connectivity index (χ4n) is 5.66. The molecule has 0 aliphatic carbocycles. The number of ether oxygens (including phenoxy) is 2. The number of aryl methyl sites for hydroxylation is 3. The second-order valence-corrected chi connectivity index (χ2v) is 12.0. The highest BCUT2D eigenvalue weighted by Gasteiger charge is 2.35. The molecule has 4 aromatic rings. The summed E-state index contributed by atoms with van der Waals surface area (Å²) >= 11 is 1.32. The largest absolute Gasteiger partial charge is 0.491 e. The highest BCUT2D eigenvalue weighted by Crippen LogP contribution is 2.36. The van der Waals surface area contributed by atoms with Crippen molar-refractivity contribution in [2.24, 2.45) is 4.99 Å². The Hall–Kier alpha value is -4.17. The van der Waals surface area contributed by atoms with E-state index in [1.54, 1.807) is 18.4 Å². The number of esters is 1. The molecule has 3 heterocycles. The van der Waals surface area contributed by atoms with E-state index in [0.717, 1.165) is 22.6 Å². The number of allylic oxidation sites excluding steroid dienone is 1. The summed E-state index contributed by atoms with van der Waals surface area (Å²) in [4.78, 5) is 32.8. The van der Waals surface area contributed by atoms with Gasteiger partial charge in [-0.15, -0.1) is 0 Å². The highest BCUT2D eigenvalue weighted by molar-refractivity contribution is 7.07. The van der Waals surface area contributed by atoms with Crippen molar-refractivity contribution in [3.05, 3.63) is 113 Å². The number of rotatable bonds is 7. The van der Waals surface area contributed by atoms with Crippen LogP contribution in [0.15, 0.2) is 69.6 Å². The molecule has 0 fully saturated rings. The van der Waals surface area contributed by atoms with Crippen molar-refractivity contribution in [1.82, 2.24) is 9.13 Å². The summed E-state index contributed by atoms with van der Waals surface area (Å²) in [7, 11) is 0. The molecule has 0 radical (unpaired) electrons. The average Bonchev–Trinajstić information content (AvgIpc) is 3.37. The van der Waals surface area contributed by atoms with Gasteiger partial charge in [0.25, 0.3) is 5.56 Å². The minimum absolute atomic E-state index is 0.0921. The van der Waals surface area contributed by atoms with Crippen molar-refractivity contribution in [3.63, 3.8) is 0 Å². The van der Waals surface area contributed by atoms with Crippen LogP contribution in [-0.4, -0.2) is 27.8 Å². The first kappa shape index (κ1) is 29.3. The van der Waals surface area contributed by atoms with Crippen LogP contribution in [0.1, 0.15) is 67.4 Å². The number of benzene rings is 2. The second-order valence-electron chi connectivity index (χ2n) is 11.0. The third-order valence-corrected chi connectivity index (χ3v) is 8.43.